The first-order valence-corrected chi connectivity index (χ1v) is 7.29. The molecule has 1 heterocycles. The maximum Gasteiger partial charge on any atom is 0.229 e. The van der Waals surface area contributed by atoms with Crippen LogP contribution in [0.5, 0.6) is 0 Å². The van der Waals surface area contributed by atoms with Gasteiger partial charge in [-0.25, -0.2) is 4.98 Å². The minimum absolute atomic E-state index is 0.0766. The van der Waals surface area contributed by atoms with E-state index in [2.05, 4.69) is 42.2 Å². The van der Waals surface area contributed by atoms with Gasteiger partial charge in [-0.1, -0.05) is 28.1 Å². The molecule has 0 aliphatic carbocycles. The van der Waals surface area contributed by atoms with Crippen molar-refractivity contribution in [3.63, 3.8) is 0 Å². The molecular formula is C14H12Br2N2O. The van der Waals surface area contributed by atoms with Gasteiger partial charge in [-0.3, -0.25) is 4.79 Å². The number of halogens is 2. The molecule has 2 rings (SSSR count). The Morgan fingerprint density at radius 1 is 1.32 bits per heavy atom. The van der Waals surface area contributed by atoms with Crippen molar-refractivity contribution in [1.82, 2.24) is 4.98 Å². The molecule has 0 saturated heterocycles. The Balaban J connectivity index is 2.03. The van der Waals surface area contributed by atoms with Crippen molar-refractivity contribution in [3.05, 3.63) is 56.6 Å². The summed E-state index contributed by atoms with van der Waals surface area (Å²) in [5.41, 5.74) is 1.99. The lowest BCUT2D eigenvalue weighted by Crippen LogP contribution is -2.15. The van der Waals surface area contributed by atoms with Crippen molar-refractivity contribution in [3.8, 4) is 0 Å². The highest BCUT2D eigenvalue weighted by Gasteiger charge is 2.06. The van der Waals surface area contributed by atoms with Crippen molar-refractivity contribution in [2.24, 2.45) is 0 Å². The van der Waals surface area contributed by atoms with Crippen LogP contribution in [0.3, 0.4) is 0 Å². The monoisotopic (exact) mass is 382 g/mol. The fourth-order valence-electron chi connectivity index (χ4n) is 1.63. The molecule has 0 saturated carbocycles. The summed E-state index contributed by atoms with van der Waals surface area (Å²) < 4.78 is 1.90. The van der Waals surface area contributed by atoms with Gasteiger partial charge in [0.05, 0.1) is 6.42 Å². The SMILES string of the molecule is Cc1cc(NC(=O)Cc2cccc(Br)c2)ncc1Br. The van der Waals surface area contributed by atoms with Crippen LogP contribution < -0.4 is 5.32 Å². The summed E-state index contributed by atoms with van der Waals surface area (Å²) in [4.78, 5) is 16.1. The van der Waals surface area contributed by atoms with Gasteiger partial charge in [0.25, 0.3) is 0 Å². The molecule has 0 radical (unpaired) electrons. The zero-order valence-corrected chi connectivity index (χ0v) is 13.5. The fraction of sp³-hybridized carbons (Fsp3) is 0.143. The van der Waals surface area contributed by atoms with E-state index in [1.54, 1.807) is 6.20 Å². The molecule has 2 aromatic rings. The first-order chi connectivity index (χ1) is 9.04. The van der Waals surface area contributed by atoms with E-state index in [9.17, 15) is 4.79 Å². The standard InChI is InChI=1S/C14H12Br2N2O/c1-9-5-13(17-8-12(9)16)18-14(19)7-10-3-2-4-11(15)6-10/h2-6,8H,7H2,1H3,(H,17,18,19). The zero-order chi connectivity index (χ0) is 13.8. The van der Waals surface area contributed by atoms with Crippen LogP contribution in [-0.2, 0) is 11.2 Å². The normalized spacial score (nSPS) is 10.3. The van der Waals surface area contributed by atoms with Gasteiger partial charge in [0.2, 0.25) is 5.91 Å². The number of amides is 1. The lowest BCUT2D eigenvalue weighted by molar-refractivity contribution is -0.115. The highest BCUT2D eigenvalue weighted by Crippen LogP contribution is 2.17. The summed E-state index contributed by atoms with van der Waals surface area (Å²) in [7, 11) is 0. The van der Waals surface area contributed by atoms with E-state index in [1.807, 2.05) is 37.3 Å². The van der Waals surface area contributed by atoms with Crippen molar-refractivity contribution in [2.45, 2.75) is 13.3 Å². The minimum atomic E-state index is -0.0766. The van der Waals surface area contributed by atoms with E-state index >= 15 is 0 Å². The van der Waals surface area contributed by atoms with Crippen LogP contribution in [0.2, 0.25) is 0 Å². The third-order valence-corrected chi connectivity index (χ3v) is 3.89. The number of anilines is 1. The predicted octanol–water partition coefficient (Wildman–Crippen LogP) is 4.10. The highest BCUT2D eigenvalue weighted by molar-refractivity contribution is 9.10. The van der Waals surface area contributed by atoms with Gasteiger partial charge in [-0.2, -0.15) is 0 Å². The van der Waals surface area contributed by atoms with E-state index in [1.165, 1.54) is 0 Å². The molecule has 0 aliphatic rings. The van der Waals surface area contributed by atoms with Gasteiger partial charge in [-0.05, 0) is 52.2 Å². The summed E-state index contributed by atoms with van der Waals surface area (Å²) in [5, 5.41) is 2.79. The number of aromatic nitrogens is 1. The lowest BCUT2D eigenvalue weighted by Gasteiger charge is -2.06. The number of benzene rings is 1. The summed E-state index contributed by atoms with van der Waals surface area (Å²) in [6.45, 7) is 1.95. The quantitative estimate of drug-likeness (QED) is 0.866. The van der Waals surface area contributed by atoms with Crippen molar-refractivity contribution in [2.75, 3.05) is 5.32 Å². The smallest absolute Gasteiger partial charge is 0.229 e. The molecular weight excluding hydrogens is 372 g/mol. The largest absolute Gasteiger partial charge is 0.310 e. The van der Waals surface area contributed by atoms with Crippen LogP contribution in [0.4, 0.5) is 5.82 Å². The van der Waals surface area contributed by atoms with Crippen LogP contribution in [-0.4, -0.2) is 10.9 Å². The summed E-state index contributed by atoms with van der Waals surface area (Å²) in [6.07, 6.45) is 2.01. The van der Waals surface area contributed by atoms with Crippen molar-refractivity contribution < 1.29 is 4.79 Å². The van der Waals surface area contributed by atoms with Gasteiger partial charge >= 0.3 is 0 Å². The number of aryl methyl sites for hydroxylation is 1. The van der Waals surface area contributed by atoms with Crippen molar-refractivity contribution in [1.29, 1.82) is 0 Å². The van der Waals surface area contributed by atoms with Gasteiger partial charge in [0.15, 0.2) is 0 Å². The van der Waals surface area contributed by atoms with Crippen LogP contribution in [0.15, 0.2) is 45.5 Å². The maximum absolute atomic E-state index is 11.9. The third kappa shape index (κ3) is 4.14. The molecule has 1 N–H and O–H groups in total. The number of hydrogen-bond acceptors (Lipinski definition) is 2. The second-order valence-corrected chi connectivity index (χ2v) is 5.94. The van der Waals surface area contributed by atoms with E-state index in [4.69, 9.17) is 0 Å². The Morgan fingerprint density at radius 3 is 2.79 bits per heavy atom. The van der Waals surface area contributed by atoms with E-state index < -0.39 is 0 Å². The molecule has 0 spiro atoms. The second kappa shape index (κ2) is 6.30. The predicted molar refractivity (Wildman–Crippen MR) is 83.1 cm³/mol. The zero-order valence-electron chi connectivity index (χ0n) is 10.3. The fourth-order valence-corrected chi connectivity index (χ4v) is 2.29. The number of rotatable bonds is 3. The molecule has 0 unspecified atom stereocenters. The van der Waals surface area contributed by atoms with Gasteiger partial charge < -0.3 is 5.32 Å². The van der Waals surface area contributed by atoms with E-state index in [0.717, 1.165) is 20.1 Å². The molecule has 0 aliphatic heterocycles. The Kier molecular flexibility index (Phi) is 4.71. The van der Waals surface area contributed by atoms with Crippen LogP contribution in [0.25, 0.3) is 0 Å². The molecule has 3 nitrogen and oxygen atoms in total. The summed E-state index contributed by atoms with van der Waals surface area (Å²) in [6, 6.07) is 9.53. The highest BCUT2D eigenvalue weighted by atomic mass is 79.9. The van der Waals surface area contributed by atoms with Crippen molar-refractivity contribution >= 4 is 43.6 Å². The molecule has 1 amide bonds. The number of pyridine rings is 1. The lowest BCUT2D eigenvalue weighted by atomic mass is 10.1. The van der Waals surface area contributed by atoms with Gasteiger partial charge in [-0.15, -0.1) is 0 Å². The molecule has 1 aromatic carbocycles. The number of hydrogen-bond donors (Lipinski definition) is 1. The second-order valence-electron chi connectivity index (χ2n) is 4.17. The first-order valence-electron chi connectivity index (χ1n) is 5.71. The van der Waals surface area contributed by atoms with Gasteiger partial charge in [0.1, 0.15) is 5.82 Å². The Morgan fingerprint density at radius 2 is 2.11 bits per heavy atom. The number of nitrogens with one attached hydrogen (secondary N) is 1. The summed E-state index contributed by atoms with van der Waals surface area (Å²) in [5.74, 6) is 0.494. The Bertz CT molecular complexity index is 614. The molecule has 98 valence electrons. The van der Waals surface area contributed by atoms with Gasteiger partial charge in [0, 0.05) is 15.1 Å². The Hall–Kier alpha value is -1.20. The molecule has 0 fully saturated rings. The van der Waals surface area contributed by atoms with Crippen LogP contribution >= 0.6 is 31.9 Å². The van der Waals surface area contributed by atoms with E-state index in [-0.39, 0.29) is 5.91 Å². The van der Waals surface area contributed by atoms with Crippen LogP contribution in [0.1, 0.15) is 11.1 Å². The molecule has 5 heteroatoms. The molecule has 0 bridgehead atoms. The Labute approximate surface area is 128 Å². The van der Waals surface area contributed by atoms with Crippen LogP contribution in [0, 0.1) is 6.92 Å². The van der Waals surface area contributed by atoms with E-state index in [0.29, 0.717) is 12.2 Å². The third-order valence-electron chi connectivity index (χ3n) is 2.57. The average molecular weight is 384 g/mol. The molecule has 19 heavy (non-hydrogen) atoms. The maximum atomic E-state index is 11.9. The molecule has 1 aromatic heterocycles. The minimum Gasteiger partial charge on any atom is -0.310 e. The summed E-state index contributed by atoms with van der Waals surface area (Å²) >= 11 is 6.76. The molecule has 0 atom stereocenters. The number of nitrogens with zero attached hydrogens (tertiary/aromatic N) is 1. The first kappa shape index (κ1) is 14.2. The topological polar surface area (TPSA) is 42.0 Å². The number of carbonyl (C=O) groups is 1. The number of carbonyl (C=O) groups excluding carboxylic acids is 1. The average Bonchev–Trinajstić information content (AvgIpc) is 2.34.